The van der Waals surface area contributed by atoms with Crippen LogP contribution in [0, 0.1) is 11.3 Å². The number of hydrogen-bond acceptors (Lipinski definition) is 5. The normalized spacial score (nSPS) is 27.8. The molecule has 0 fully saturated rings. The standard InChI is InChI=1S/C21H19Cl2F3O5/c1-19(2)7-11(9-27)15-14(8-19)31-20(29,21(24,25)26)17(18(28)30-3)16(15)10-4-5-12(22)13(23)6-10/h4-6,16-17,29H,7-8H2,1-3H3/t16-,17-,20+/m1/s1. The van der Waals surface area contributed by atoms with Crippen molar-refractivity contribution in [3.63, 3.8) is 0 Å². The van der Waals surface area contributed by atoms with Gasteiger partial charge in [0.2, 0.25) is 0 Å². The second-order valence-electron chi connectivity index (χ2n) is 8.38. The van der Waals surface area contributed by atoms with E-state index in [1.165, 1.54) is 18.2 Å². The maximum atomic E-state index is 14.1. The summed E-state index contributed by atoms with van der Waals surface area (Å²) in [6.45, 7) is 3.48. The molecule has 0 spiro atoms. The van der Waals surface area contributed by atoms with Crippen LogP contribution >= 0.6 is 23.2 Å². The third kappa shape index (κ3) is 3.98. The van der Waals surface area contributed by atoms with Crippen LogP contribution in [0.15, 0.2) is 35.1 Å². The Morgan fingerprint density at radius 3 is 2.42 bits per heavy atom. The minimum atomic E-state index is -5.36. The van der Waals surface area contributed by atoms with Crippen molar-refractivity contribution >= 4 is 35.1 Å². The van der Waals surface area contributed by atoms with Crippen molar-refractivity contribution in [3.8, 4) is 0 Å². The summed E-state index contributed by atoms with van der Waals surface area (Å²) in [5, 5.41) is 10.9. The van der Waals surface area contributed by atoms with E-state index in [9.17, 15) is 27.9 Å². The molecular weight excluding hydrogens is 460 g/mol. The summed E-state index contributed by atoms with van der Waals surface area (Å²) in [5.41, 5.74) is -0.383. The number of halogens is 5. The number of carbonyl (C=O) groups excluding carboxylic acids is 2. The summed E-state index contributed by atoms with van der Waals surface area (Å²) in [6, 6.07) is 4.02. The van der Waals surface area contributed by atoms with Crippen LogP contribution in [0.5, 0.6) is 0 Å². The third-order valence-corrected chi connectivity index (χ3v) is 6.29. The molecule has 3 atom stereocenters. The van der Waals surface area contributed by atoms with Crippen molar-refractivity contribution < 1.29 is 37.3 Å². The van der Waals surface area contributed by atoms with Crippen molar-refractivity contribution in [1.29, 1.82) is 0 Å². The predicted octanol–water partition coefficient (Wildman–Crippen LogP) is 4.98. The maximum Gasteiger partial charge on any atom is 0.456 e. The molecule has 0 saturated carbocycles. The van der Waals surface area contributed by atoms with Gasteiger partial charge in [0, 0.05) is 23.5 Å². The van der Waals surface area contributed by atoms with Gasteiger partial charge in [0.1, 0.15) is 17.6 Å². The molecule has 0 unspecified atom stereocenters. The van der Waals surface area contributed by atoms with Gasteiger partial charge in [0.05, 0.1) is 17.2 Å². The molecule has 1 aromatic carbocycles. The van der Waals surface area contributed by atoms with E-state index in [0.29, 0.717) is 0 Å². The van der Waals surface area contributed by atoms with E-state index in [-0.39, 0.29) is 45.4 Å². The monoisotopic (exact) mass is 478 g/mol. The van der Waals surface area contributed by atoms with Crippen LogP contribution in [-0.2, 0) is 19.1 Å². The Morgan fingerprint density at radius 2 is 1.90 bits per heavy atom. The lowest BCUT2D eigenvalue weighted by Gasteiger charge is -2.48. The highest BCUT2D eigenvalue weighted by Crippen LogP contribution is 2.58. The van der Waals surface area contributed by atoms with E-state index in [0.717, 1.165) is 7.11 Å². The van der Waals surface area contributed by atoms with Crippen molar-refractivity contribution in [2.75, 3.05) is 7.11 Å². The Morgan fingerprint density at radius 1 is 1.26 bits per heavy atom. The van der Waals surface area contributed by atoms with Crippen molar-refractivity contribution in [3.05, 3.63) is 50.7 Å². The minimum Gasteiger partial charge on any atom is -0.469 e. The van der Waals surface area contributed by atoms with Gasteiger partial charge in [0.15, 0.2) is 0 Å². The number of ether oxygens (including phenoxy) is 2. The number of esters is 1. The van der Waals surface area contributed by atoms with Crippen LogP contribution in [0.25, 0.3) is 0 Å². The molecule has 1 N–H and O–H groups in total. The number of aliphatic hydroxyl groups is 1. The van der Waals surface area contributed by atoms with Gasteiger partial charge in [-0.3, -0.25) is 4.79 Å². The van der Waals surface area contributed by atoms with E-state index >= 15 is 0 Å². The van der Waals surface area contributed by atoms with Gasteiger partial charge in [-0.15, -0.1) is 0 Å². The van der Waals surface area contributed by atoms with Gasteiger partial charge >= 0.3 is 17.9 Å². The Balaban J connectivity index is 2.39. The first-order chi connectivity index (χ1) is 14.3. The van der Waals surface area contributed by atoms with Crippen molar-refractivity contribution in [2.24, 2.45) is 11.3 Å². The molecule has 1 aliphatic heterocycles. The smallest absolute Gasteiger partial charge is 0.456 e. The number of benzene rings is 1. The molecule has 0 saturated heterocycles. The molecule has 5 nitrogen and oxygen atoms in total. The third-order valence-electron chi connectivity index (χ3n) is 5.55. The Bertz CT molecular complexity index is 1010. The summed E-state index contributed by atoms with van der Waals surface area (Å²) >= 11 is 12.0. The lowest BCUT2D eigenvalue weighted by molar-refractivity contribution is -0.378. The molecule has 31 heavy (non-hydrogen) atoms. The minimum absolute atomic E-state index is 0.00236. The van der Waals surface area contributed by atoms with E-state index in [2.05, 4.69) is 4.74 Å². The SMILES string of the molecule is COC(=O)[C@H]1[C@H](c2ccc(Cl)c(Cl)c2)C2=C(CC(C)(C)CC2=C=O)O[C@]1(O)C(F)(F)F. The fourth-order valence-electron chi connectivity index (χ4n) is 4.24. The highest BCUT2D eigenvalue weighted by atomic mass is 35.5. The summed E-state index contributed by atoms with van der Waals surface area (Å²) < 4.78 is 52.0. The summed E-state index contributed by atoms with van der Waals surface area (Å²) in [4.78, 5) is 24.4. The van der Waals surface area contributed by atoms with Crippen LogP contribution in [0.1, 0.15) is 38.2 Å². The first-order valence-corrected chi connectivity index (χ1v) is 9.99. The molecule has 1 heterocycles. The maximum absolute atomic E-state index is 14.1. The average molecular weight is 479 g/mol. The summed E-state index contributed by atoms with van der Waals surface area (Å²) in [6.07, 6.45) is -5.17. The van der Waals surface area contributed by atoms with Crippen LogP contribution in [0.4, 0.5) is 13.2 Å². The molecule has 168 valence electrons. The highest BCUT2D eigenvalue weighted by molar-refractivity contribution is 6.42. The molecule has 2 aliphatic rings. The molecule has 0 aromatic heterocycles. The molecule has 1 aliphatic carbocycles. The summed E-state index contributed by atoms with van der Waals surface area (Å²) in [5.74, 6) is -7.41. The van der Waals surface area contributed by atoms with Crippen LogP contribution in [0.3, 0.4) is 0 Å². The van der Waals surface area contributed by atoms with Crippen molar-refractivity contribution in [1.82, 2.24) is 0 Å². The number of hydrogen-bond donors (Lipinski definition) is 1. The molecule has 0 radical (unpaired) electrons. The zero-order chi connectivity index (χ0) is 23.4. The van der Waals surface area contributed by atoms with E-state index in [1.807, 2.05) is 0 Å². The largest absolute Gasteiger partial charge is 0.469 e. The number of carbonyl (C=O) groups is 1. The average Bonchev–Trinajstić information content (AvgIpc) is 2.66. The van der Waals surface area contributed by atoms with Gasteiger partial charge in [-0.05, 0) is 29.5 Å². The predicted molar refractivity (Wildman–Crippen MR) is 106 cm³/mol. The first-order valence-electron chi connectivity index (χ1n) is 9.24. The number of allylic oxidation sites excluding steroid dienone is 3. The van der Waals surface area contributed by atoms with Gasteiger partial charge in [-0.25, -0.2) is 4.79 Å². The van der Waals surface area contributed by atoms with Crippen LogP contribution in [-0.4, -0.2) is 36.1 Å². The van der Waals surface area contributed by atoms with Gasteiger partial charge in [-0.2, -0.15) is 13.2 Å². The molecular formula is C21H19Cl2F3O5. The number of alkyl halides is 3. The lowest BCUT2D eigenvalue weighted by atomic mass is 9.65. The molecule has 0 bridgehead atoms. The van der Waals surface area contributed by atoms with E-state index in [1.54, 1.807) is 19.8 Å². The van der Waals surface area contributed by atoms with E-state index in [4.69, 9.17) is 27.9 Å². The molecule has 0 amide bonds. The van der Waals surface area contributed by atoms with Gasteiger partial charge < -0.3 is 14.6 Å². The topological polar surface area (TPSA) is 72.8 Å². The molecule has 1 aromatic rings. The fraction of sp³-hybridized carbons (Fsp3) is 0.476. The number of rotatable bonds is 2. The zero-order valence-corrected chi connectivity index (χ0v) is 18.3. The second-order valence-corrected chi connectivity index (χ2v) is 9.20. The summed E-state index contributed by atoms with van der Waals surface area (Å²) in [7, 11) is 0.898. The highest BCUT2D eigenvalue weighted by Gasteiger charge is 2.69. The van der Waals surface area contributed by atoms with Gasteiger partial charge in [-0.1, -0.05) is 43.1 Å². The molecule has 3 rings (SSSR count). The fourth-order valence-corrected chi connectivity index (χ4v) is 4.55. The lowest BCUT2D eigenvalue weighted by Crippen LogP contribution is -2.60. The van der Waals surface area contributed by atoms with Gasteiger partial charge in [0.25, 0.3) is 0 Å². The van der Waals surface area contributed by atoms with Crippen molar-refractivity contribution in [2.45, 2.75) is 44.6 Å². The first kappa shape index (κ1) is 23.7. The second kappa shape index (κ2) is 7.85. The number of methoxy groups -OCH3 is 1. The van der Waals surface area contributed by atoms with Crippen LogP contribution < -0.4 is 0 Å². The Kier molecular flexibility index (Phi) is 6.00. The molecule has 10 heteroatoms. The van der Waals surface area contributed by atoms with E-state index < -0.39 is 35.2 Å². The Hall–Kier alpha value is -1.99. The quantitative estimate of drug-likeness (QED) is 0.479. The van der Waals surface area contributed by atoms with Crippen LogP contribution in [0.2, 0.25) is 10.0 Å². The Labute approximate surface area is 186 Å². The zero-order valence-electron chi connectivity index (χ0n) is 16.8.